The lowest BCUT2D eigenvalue weighted by molar-refractivity contribution is -0.118. The number of rotatable bonds is 4. The molecule has 0 saturated heterocycles. The Morgan fingerprint density at radius 3 is 2.84 bits per heavy atom. The molecule has 19 heavy (non-hydrogen) atoms. The average molecular weight is 256 g/mol. The van der Waals surface area contributed by atoms with E-state index in [9.17, 15) is 4.79 Å². The van der Waals surface area contributed by atoms with E-state index in [0.717, 1.165) is 16.9 Å². The zero-order valence-electron chi connectivity index (χ0n) is 11.0. The Bertz CT molecular complexity index is 568. The number of anilines is 1. The molecule has 1 heterocycles. The minimum Gasteiger partial charge on any atom is -0.483 e. The van der Waals surface area contributed by atoms with E-state index in [1.807, 2.05) is 32.0 Å². The van der Waals surface area contributed by atoms with Crippen molar-refractivity contribution in [3.8, 4) is 5.75 Å². The van der Waals surface area contributed by atoms with Gasteiger partial charge < -0.3 is 10.1 Å². The van der Waals surface area contributed by atoms with Crippen LogP contribution >= 0.6 is 0 Å². The Labute approximate surface area is 112 Å². The summed E-state index contributed by atoms with van der Waals surface area (Å²) < 4.78 is 5.52. The number of ether oxygens (including phenoxy) is 1. The highest BCUT2D eigenvalue weighted by atomic mass is 16.5. The van der Waals surface area contributed by atoms with Gasteiger partial charge in [-0.2, -0.15) is 0 Å². The summed E-state index contributed by atoms with van der Waals surface area (Å²) in [6, 6.07) is 9.33. The molecule has 0 atom stereocenters. The molecule has 2 aromatic rings. The van der Waals surface area contributed by atoms with E-state index in [2.05, 4.69) is 10.3 Å². The first-order chi connectivity index (χ1) is 9.16. The van der Waals surface area contributed by atoms with Gasteiger partial charge in [0, 0.05) is 6.20 Å². The quantitative estimate of drug-likeness (QED) is 0.915. The first-order valence-electron chi connectivity index (χ1n) is 6.05. The van der Waals surface area contributed by atoms with Crippen LogP contribution in [0.25, 0.3) is 0 Å². The molecular weight excluding hydrogens is 240 g/mol. The predicted octanol–water partition coefficient (Wildman–Crippen LogP) is 2.72. The average Bonchev–Trinajstić information content (AvgIpc) is 2.42. The van der Waals surface area contributed by atoms with E-state index in [1.54, 1.807) is 24.5 Å². The van der Waals surface area contributed by atoms with Crippen LogP contribution in [-0.2, 0) is 4.79 Å². The number of benzene rings is 1. The molecule has 2 rings (SSSR count). The van der Waals surface area contributed by atoms with Crippen LogP contribution in [0.5, 0.6) is 5.75 Å². The van der Waals surface area contributed by atoms with Gasteiger partial charge in [0.2, 0.25) is 0 Å². The Morgan fingerprint density at radius 2 is 2.11 bits per heavy atom. The van der Waals surface area contributed by atoms with E-state index >= 15 is 0 Å². The Morgan fingerprint density at radius 1 is 1.26 bits per heavy atom. The van der Waals surface area contributed by atoms with Crippen LogP contribution in [0.2, 0.25) is 0 Å². The molecule has 1 aromatic carbocycles. The third kappa shape index (κ3) is 3.55. The fourth-order valence-corrected chi connectivity index (χ4v) is 1.66. The van der Waals surface area contributed by atoms with Gasteiger partial charge in [-0.05, 0) is 43.2 Å². The van der Waals surface area contributed by atoms with Crippen molar-refractivity contribution >= 4 is 11.6 Å². The zero-order chi connectivity index (χ0) is 13.7. The highest BCUT2D eigenvalue weighted by Crippen LogP contribution is 2.20. The smallest absolute Gasteiger partial charge is 0.262 e. The number of hydrogen-bond donors (Lipinski definition) is 1. The molecule has 0 aliphatic carbocycles. The summed E-state index contributed by atoms with van der Waals surface area (Å²) in [7, 11) is 0. The first-order valence-corrected chi connectivity index (χ1v) is 6.05. The molecule has 0 spiro atoms. The normalized spacial score (nSPS) is 10.0. The number of carbonyl (C=O) groups excluding carboxylic acids is 1. The number of nitrogens with zero attached hydrogens (tertiary/aromatic N) is 1. The Hall–Kier alpha value is -2.36. The molecule has 0 fully saturated rings. The standard InChI is InChI=1S/C15H16N2O2/c1-11-5-3-7-14(12(11)2)19-10-15(18)17-13-6-4-8-16-9-13/h3-9H,10H2,1-2H3,(H,17,18). The molecule has 0 aliphatic heterocycles. The van der Waals surface area contributed by atoms with Crippen molar-refractivity contribution in [1.82, 2.24) is 4.98 Å². The fraction of sp³-hybridized carbons (Fsp3) is 0.200. The van der Waals surface area contributed by atoms with Gasteiger partial charge in [0.05, 0.1) is 11.9 Å². The second-order valence-corrected chi connectivity index (χ2v) is 4.28. The van der Waals surface area contributed by atoms with Crippen LogP contribution < -0.4 is 10.1 Å². The summed E-state index contributed by atoms with van der Waals surface area (Å²) in [5.74, 6) is 0.537. The minimum atomic E-state index is -0.200. The summed E-state index contributed by atoms with van der Waals surface area (Å²) in [5, 5.41) is 2.72. The number of pyridine rings is 1. The van der Waals surface area contributed by atoms with E-state index in [-0.39, 0.29) is 12.5 Å². The molecule has 1 aromatic heterocycles. The second-order valence-electron chi connectivity index (χ2n) is 4.28. The van der Waals surface area contributed by atoms with Crippen LogP contribution in [0.1, 0.15) is 11.1 Å². The van der Waals surface area contributed by atoms with Crippen molar-refractivity contribution in [2.45, 2.75) is 13.8 Å². The van der Waals surface area contributed by atoms with Gasteiger partial charge in [0.1, 0.15) is 5.75 Å². The second kappa shape index (κ2) is 6.00. The number of carbonyl (C=O) groups is 1. The molecule has 1 amide bonds. The summed E-state index contributed by atoms with van der Waals surface area (Å²) in [4.78, 5) is 15.6. The maximum atomic E-state index is 11.7. The number of aromatic nitrogens is 1. The van der Waals surface area contributed by atoms with Crippen molar-refractivity contribution in [2.75, 3.05) is 11.9 Å². The lowest BCUT2D eigenvalue weighted by atomic mass is 10.1. The molecule has 0 radical (unpaired) electrons. The van der Waals surface area contributed by atoms with Crippen molar-refractivity contribution in [3.63, 3.8) is 0 Å². The maximum Gasteiger partial charge on any atom is 0.262 e. The van der Waals surface area contributed by atoms with Crippen molar-refractivity contribution in [2.24, 2.45) is 0 Å². The molecular formula is C15H16N2O2. The van der Waals surface area contributed by atoms with Crippen molar-refractivity contribution in [3.05, 3.63) is 53.9 Å². The van der Waals surface area contributed by atoms with Gasteiger partial charge in [0.15, 0.2) is 6.61 Å². The van der Waals surface area contributed by atoms with E-state index in [4.69, 9.17) is 4.74 Å². The van der Waals surface area contributed by atoms with Crippen LogP contribution in [0.3, 0.4) is 0 Å². The van der Waals surface area contributed by atoms with Gasteiger partial charge in [-0.25, -0.2) is 0 Å². The zero-order valence-corrected chi connectivity index (χ0v) is 11.0. The van der Waals surface area contributed by atoms with Crippen LogP contribution in [-0.4, -0.2) is 17.5 Å². The number of hydrogen-bond acceptors (Lipinski definition) is 3. The lowest BCUT2D eigenvalue weighted by Crippen LogP contribution is -2.20. The van der Waals surface area contributed by atoms with Crippen LogP contribution in [0.15, 0.2) is 42.7 Å². The summed E-state index contributed by atoms with van der Waals surface area (Å²) >= 11 is 0. The molecule has 1 N–H and O–H groups in total. The third-order valence-electron chi connectivity index (χ3n) is 2.86. The Kier molecular flexibility index (Phi) is 4.13. The number of amides is 1. The summed E-state index contributed by atoms with van der Waals surface area (Å²) in [5.41, 5.74) is 2.86. The third-order valence-corrected chi connectivity index (χ3v) is 2.86. The van der Waals surface area contributed by atoms with Crippen LogP contribution in [0, 0.1) is 13.8 Å². The number of nitrogens with one attached hydrogen (secondary N) is 1. The predicted molar refractivity (Wildman–Crippen MR) is 74.3 cm³/mol. The van der Waals surface area contributed by atoms with Gasteiger partial charge in [-0.3, -0.25) is 9.78 Å². The molecule has 4 nitrogen and oxygen atoms in total. The molecule has 0 bridgehead atoms. The molecule has 0 aliphatic rings. The van der Waals surface area contributed by atoms with Gasteiger partial charge in [-0.15, -0.1) is 0 Å². The van der Waals surface area contributed by atoms with Crippen LogP contribution in [0.4, 0.5) is 5.69 Å². The van der Waals surface area contributed by atoms with Gasteiger partial charge in [-0.1, -0.05) is 12.1 Å². The fourth-order valence-electron chi connectivity index (χ4n) is 1.66. The number of aryl methyl sites for hydroxylation is 1. The topological polar surface area (TPSA) is 51.2 Å². The largest absolute Gasteiger partial charge is 0.483 e. The van der Waals surface area contributed by atoms with Crippen molar-refractivity contribution < 1.29 is 9.53 Å². The van der Waals surface area contributed by atoms with E-state index in [0.29, 0.717) is 5.69 Å². The Balaban J connectivity index is 1.92. The lowest BCUT2D eigenvalue weighted by Gasteiger charge is -2.10. The summed E-state index contributed by atoms with van der Waals surface area (Å²) in [6.45, 7) is 3.97. The van der Waals surface area contributed by atoms with Crippen molar-refractivity contribution in [1.29, 1.82) is 0 Å². The maximum absolute atomic E-state index is 11.7. The first kappa shape index (κ1) is 13.1. The van der Waals surface area contributed by atoms with Gasteiger partial charge >= 0.3 is 0 Å². The molecule has 98 valence electrons. The molecule has 0 saturated carbocycles. The SMILES string of the molecule is Cc1cccc(OCC(=O)Nc2cccnc2)c1C. The molecule has 0 unspecified atom stereocenters. The van der Waals surface area contributed by atoms with E-state index in [1.165, 1.54) is 0 Å². The van der Waals surface area contributed by atoms with Gasteiger partial charge in [0.25, 0.3) is 5.91 Å². The summed E-state index contributed by atoms with van der Waals surface area (Å²) in [6.07, 6.45) is 3.25. The highest BCUT2D eigenvalue weighted by molar-refractivity contribution is 5.91. The highest BCUT2D eigenvalue weighted by Gasteiger charge is 2.06. The minimum absolute atomic E-state index is 0.0147. The van der Waals surface area contributed by atoms with E-state index < -0.39 is 0 Å². The molecule has 4 heteroatoms. The monoisotopic (exact) mass is 256 g/mol.